The molecule has 2 aromatic rings. The van der Waals surface area contributed by atoms with Gasteiger partial charge in [-0.3, -0.25) is 9.67 Å². The lowest BCUT2D eigenvalue weighted by molar-refractivity contribution is 0.732. The van der Waals surface area contributed by atoms with Crippen LogP contribution in [0.5, 0.6) is 0 Å². The normalized spacial score (nSPS) is 10.8. The highest BCUT2D eigenvalue weighted by Crippen LogP contribution is 2.22. The fourth-order valence-corrected chi connectivity index (χ4v) is 2.67. The summed E-state index contributed by atoms with van der Waals surface area (Å²) in [5, 5.41) is 6.96. The van der Waals surface area contributed by atoms with Gasteiger partial charge in [0.25, 0.3) is 0 Å². The molecular weight excluding hydrogens is 250 g/mol. The number of hydrogen-bond acceptors (Lipinski definition) is 3. The third-order valence-corrected chi connectivity index (χ3v) is 3.62. The number of H-pyrrole nitrogens is 1. The van der Waals surface area contributed by atoms with Crippen molar-refractivity contribution in [3.63, 3.8) is 0 Å². The van der Waals surface area contributed by atoms with E-state index in [-0.39, 0.29) is 0 Å². The number of aromatic nitrogens is 3. The Hall–Kier alpha value is -0.650. The third kappa shape index (κ3) is 2.30. The number of hydrogen-bond donors (Lipinski definition) is 1. The Morgan fingerprint density at radius 3 is 3.00 bits per heavy atom. The van der Waals surface area contributed by atoms with Gasteiger partial charge in [-0.05, 0) is 24.4 Å². The molecule has 15 heavy (non-hydrogen) atoms. The van der Waals surface area contributed by atoms with Crippen LogP contribution in [-0.4, -0.2) is 14.8 Å². The fraction of sp³-hybridized carbons (Fsp3) is 0.333. The molecule has 0 unspecified atom stereocenters. The van der Waals surface area contributed by atoms with Gasteiger partial charge in [-0.2, -0.15) is 5.10 Å². The molecular formula is C9H10ClN3S2. The van der Waals surface area contributed by atoms with Gasteiger partial charge in [0.05, 0.1) is 10.9 Å². The zero-order valence-corrected chi connectivity index (χ0v) is 10.5. The van der Waals surface area contributed by atoms with Crippen molar-refractivity contribution in [1.82, 2.24) is 14.8 Å². The van der Waals surface area contributed by atoms with E-state index < -0.39 is 0 Å². The topological polar surface area (TPSA) is 33.6 Å². The largest absolute Gasteiger partial charge is 0.299 e. The fourth-order valence-electron chi connectivity index (χ4n) is 1.38. The van der Waals surface area contributed by atoms with E-state index in [1.54, 1.807) is 11.3 Å². The molecule has 0 saturated carbocycles. The molecule has 6 heteroatoms. The van der Waals surface area contributed by atoms with Gasteiger partial charge in [-0.25, -0.2) is 0 Å². The van der Waals surface area contributed by atoms with E-state index in [1.807, 2.05) is 16.7 Å². The standard InChI is InChI=1S/C9H10ClN3S2/c1-2-8-11-12-9(14)13(8)5-6-3-4-7(10)15-6/h3-4H,2,5H2,1H3,(H,12,14). The smallest absolute Gasteiger partial charge is 0.195 e. The van der Waals surface area contributed by atoms with Crippen molar-refractivity contribution in [1.29, 1.82) is 0 Å². The highest BCUT2D eigenvalue weighted by molar-refractivity contribution is 7.71. The molecule has 0 bridgehead atoms. The van der Waals surface area contributed by atoms with Gasteiger partial charge >= 0.3 is 0 Å². The predicted octanol–water partition coefficient (Wildman–Crippen LogP) is 3.27. The van der Waals surface area contributed by atoms with Crippen LogP contribution >= 0.6 is 35.2 Å². The Bertz CT molecular complexity index is 511. The second-order valence-corrected chi connectivity index (χ2v) is 5.28. The lowest BCUT2D eigenvalue weighted by Crippen LogP contribution is -2.03. The molecule has 0 atom stereocenters. The first-order valence-electron chi connectivity index (χ1n) is 4.59. The molecule has 2 rings (SSSR count). The van der Waals surface area contributed by atoms with E-state index in [0.29, 0.717) is 4.77 Å². The minimum atomic E-state index is 0.663. The molecule has 2 aromatic heterocycles. The summed E-state index contributed by atoms with van der Waals surface area (Å²) in [6, 6.07) is 3.91. The Kier molecular flexibility index (Phi) is 3.23. The highest BCUT2D eigenvalue weighted by atomic mass is 35.5. The lowest BCUT2D eigenvalue weighted by Gasteiger charge is -2.02. The lowest BCUT2D eigenvalue weighted by atomic mass is 10.4. The number of halogens is 1. The maximum absolute atomic E-state index is 5.87. The SMILES string of the molecule is CCc1n[nH]c(=S)n1Cc1ccc(Cl)s1. The highest BCUT2D eigenvalue weighted by Gasteiger charge is 2.06. The van der Waals surface area contributed by atoms with E-state index in [1.165, 1.54) is 4.88 Å². The zero-order chi connectivity index (χ0) is 10.8. The number of nitrogens with zero attached hydrogens (tertiary/aromatic N) is 2. The molecule has 0 aliphatic heterocycles. The van der Waals surface area contributed by atoms with Crippen LogP contribution in [0.3, 0.4) is 0 Å². The number of nitrogens with one attached hydrogen (secondary N) is 1. The second kappa shape index (κ2) is 4.47. The number of rotatable bonds is 3. The third-order valence-electron chi connectivity index (χ3n) is 2.10. The zero-order valence-electron chi connectivity index (χ0n) is 8.16. The molecule has 80 valence electrons. The summed E-state index contributed by atoms with van der Waals surface area (Å²) in [7, 11) is 0. The van der Waals surface area contributed by atoms with Crippen molar-refractivity contribution >= 4 is 35.2 Å². The van der Waals surface area contributed by atoms with Crippen molar-refractivity contribution in [2.75, 3.05) is 0 Å². The molecule has 0 amide bonds. The average molecular weight is 260 g/mol. The Morgan fingerprint density at radius 2 is 2.40 bits per heavy atom. The molecule has 1 N–H and O–H groups in total. The van der Waals surface area contributed by atoms with Crippen LogP contribution in [-0.2, 0) is 13.0 Å². The van der Waals surface area contributed by atoms with Crippen LogP contribution in [0.25, 0.3) is 0 Å². The monoisotopic (exact) mass is 259 g/mol. The van der Waals surface area contributed by atoms with Crippen molar-refractivity contribution in [3.8, 4) is 0 Å². The minimum Gasteiger partial charge on any atom is -0.299 e. The second-order valence-electron chi connectivity index (χ2n) is 3.09. The van der Waals surface area contributed by atoms with E-state index in [4.69, 9.17) is 23.8 Å². The molecule has 0 aromatic carbocycles. The summed E-state index contributed by atoms with van der Waals surface area (Å²) in [6.45, 7) is 2.80. The first-order chi connectivity index (χ1) is 7.20. The molecule has 2 heterocycles. The molecule has 0 saturated heterocycles. The van der Waals surface area contributed by atoms with Gasteiger partial charge < -0.3 is 0 Å². The summed E-state index contributed by atoms with van der Waals surface area (Å²) in [4.78, 5) is 1.19. The van der Waals surface area contributed by atoms with Crippen molar-refractivity contribution in [3.05, 3.63) is 31.9 Å². The minimum absolute atomic E-state index is 0.663. The first-order valence-corrected chi connectivity index (χ1v) is 6.19. The van der Waals surface area contributed by atoms with E-state index in [2.05, 4.69) is 17.1 Å². The van der Waals surface area contributed by atoms with Crippen LogP contribution in [0.15, 0.2) is 12.1 Å². The molecule has 0 aliphatic rings. The Balaban J connectivity index is 2.31. The summed E-state index contributed by atoms with van der Waals surface area (Å²) in [5.41, 5.74) is 0. The number of thiophene rings is 1. The van der Waals surface area contributed by atoms with Crippen LogP contribution < -0.4 is 0 Å². The number of aryl methyl sites for hydroxylation is 1. The Labute approximate surface area is 102 Å². The summed E-state index contributed by atoms with van der Waals surface area (Å²) < 4.78 is 3.46. The quantitative estimate of drug-likeness (QED) is 0.859. The van der Waals surface area contributed by atoms with Gasteiger partial charge in [0, 0.05) is 11.3 Å². The van der Waals surface area contributed by atoms with Crippen LogP contribution in [0, 0.1) is 4.77 Å². The van der Waals surface area contributed by atoms with Gasteiger partial charge in [0.15, 0.2) is 4.77 Å². The van der Waals surface area contributed by atoms with Crippen LogP contribution in [0.4, 0.5) is 0 Å². The van der Waals surface area contributed by atoms with Crippen molar-refractivity contribution < 1.29 is 0 Å². The van der Waals surface area contributed by atoms with Gasteiger partial charge in [0.1, 0.15) is 5.82 Å². The van der Waals surface area contributed by atoms with E-state index in [0.717, 1.165) is 23.1 Å². The summed E-state index contributed by atoms with van der Waals surface area (Å²) in [6.07, 6.45) is 0.867. The van der Waals surface area contributed by atoms with Gasteiger partial charge in [0.2, 0.25) is 0 Å². The van der Waals surface area contributed by atoms with E-state index >= 15 is 0 Å². The molecule has 3 nitrogen and oxygen atoms in total. The maximum atomic E-state index is 5.87. The van der Waals surface area contributed by atoms with Gasteiger partial charge in [-0.1, -0.05) is 18.5 Å². The van der Waals surface area contributed by atoms with E-state index in [9.17, 15) is 0 Å². The summed E-state index contributed by atoms with van der Waals surface area (Å²) >= 11 is 12.6. The van der Waals surface area contributed by atoms with Crippen LogP contribution in [0.1, 0.15) is 17.6 Å². The van der Waals surface area contributed by atoms with Gasteiger partial charge in [-0.15, -0.1) is 11.3 Å². The first kappa shape index (κ1) is 10.9. The van der Waals surface area contributed by atoms with Crippen LogP contribution in [0.2, 0.25) is 4.34 Å². The van der Waals surface area contributed by atoms with Crippen molar-refractivity contribution in [2.24, 2.45) is 0 Å². The summed E-state index contributed by atoms with van der Waals surface area (Å²) in [5.74, 6) is 0.976. The molecule has 0 fully saturated rings. The van der Waals surface area contributed by atoms with Crippen molar-refractivity contribution in [2.45, 2.75) is 19.9 Å². The Morgan fingerprint density at radius 1 is 1.60 bits per heavy atom. The predicted molar refractivity (Wildman–Crippen MR) is 65.2 cm³/mol. The molecule has 0 spiro atoms. The molecule has 0 aliphatic carbocycles. The average Bonchev–Trinajstić information content (AvgIpc) is 2.76. The molecule has 0 radical (unpaired) electrons. The maximum Gasteiger partial charge on any atom is 0.195 e. The number of aromatic amines is 1.